The van der Waals surface area contributed by atoms with E-state index in [1.807, 2.05) is 0 Å². The van der Waals surface area contributed by atoms with Gasteiger partial charge >= 0.3 is 6.03 Å². The molecule has 4 amide bonds. The summed E-state index contributed by atoms with van der Waals surface area (Å²) in [6.45, 7) is 1.76. The Labute approximate surface area is 180 Å². The molecule has 1 heterocycles. The molecular formula is C22H26N4O5. The summed E-state index contributed by atoms with van der Waals surface area (Å²) in [5.41, 5.74) is 1.80. The summed E-state index contributed by atoms with van der Waals surface area (Å²) in [6, 6.07) is 13.6. The van der Waals surface area contributed by atoms with Crippen LogP contribution in [0.4, 0.5) is 16.2 Å². The van der Waals surface area contributed by atoms with Crippen LogP contribution in [0.15, 0.2) is 48.5 Å². The molecular weight excluding hydrogens is 400 g/mol. The predicted octanol–water partition coefficient (Wildman–Crippen LogP) is 2.27. The Morgan fingerprint density at radius 3 is 2.10 bits per heavy atom. The summed E-state index contributed by atoms with van der Waals surface area (Å²) >= 11 is 0. The van der Waals surface area contributed by atoms with Crippen molar-refractivity contribution in [1.82, 2.24) is 9.80 Å². The first-order chi connectivity index (χ1) is 15.0. The van der Waals surface area contributed by atoms with Crippen molar-refractivity contribution in [3.8, 4) is 5.75 Å². The summed E-state index contributed by atoms with van der Waals surface area (Å²) in [6.07, 6.45) is 0. The van der Waals surface area contributed by atoms with E-state index in [1.54, 1.807) is 65.4 Å². The van der Waals surface area contributed by atoms with E-state index in [9.17, 15) is 14.4 Å². The van der Waals surface area contributed by atoms with Gasteiger partial charge in [0.05, 0.1) is 7.11 Å². The highest BCUT2D eigenvalue weighted by Crippen LogP contribution is 2.17. The van der Waals surface area contributed by atoms with Crippen LogP contribution in [0.1, 0.15) is 10.4 Å². The number of piperazine rings is 1. The fourth-order valence-electron chi connectivity index (χ4n) is 3.22. The molecule has 1 aliphatic heterocycles. The molecule has 2 N–H and O–H groups in total. The van der Waals surface area contributed by atoms with E-state index >= 15 is 0 Å². The van der Waals surface area contributed by atoms with Gasteiger partial charge in [0.15, 0.2) is 0 Å². The molecule has 0 unspecified atom stereocenters. The highest BCUT2D eigenvalue weighted by molar-refractivity contribution is 5.95. The second-order valence-corrected chi connectivity index (χ2v) is 7.00. The van der Waals surface area contributed by atoms with Crippen molar-refractivity contribution in [3.05, 3.63) is 54.1 Å². The van der Waals surface area contributed by atoms with Crippen molar-refractivity contribution in [2.45, 2.75) is 0 Å². The molecule has 9 heteroatoms. The second-order valence-electron chi connectivity index (χ2n) is 7.00. The van der Waals surface area contributed by atoms with Gasteiger partial charge in [0.2, 0.25) is 5.91 Å². The summed E-state index contributed by atoms with van der Waals surface area (Å²) < 4.78 is 9.95. The molecule has 0 aliphatic carbocycles. The van der Waals surface area contributed by atoms with E-state index in [0.717, 1.165) is 0 Å². The van der Waals surface area contributed by atoms with Gasteiger partial charge in [0, 0.05) is 50.2 Å². The number of hydrogen-bond donors (Lipinski definition) is 2. The van der Waals surface area contributed by atoms with Gasteiger partial charge in [-0.3, -0.25) is 9.59 Å². The Balaban J connectivity index is 1.49. The van der Waals surface area contributed by atoms with Gasteiger partial charge < -0.3 is 29.9 Å². The van der Waals surface area contributed by atoms with Gasteiger partial charge in [-0.25, -0.2) is 4.79 Å². The minimum absolute atomic E-state index is 0.0230. The van der Waals surface area contributed by atoms with Crippen molar-refractivity contribution < 1.29 is 23.9 Å². The van der Waals surface area contributed by atoms with Crippen LogP contribution in [-0.4, -0.2) is 74.7 Å². The van der Waals surface area contributed by atoms with Gasteiger partial charge in [-0.2, -0.15) is 0 Å². The maximum absolute atomic E-state index is 12.7. The zero-order valence-corrected chi connectivity index (χ0v) is 17.6. The first kappa shape index (κ1) is 22.1. The SMILES string of the molecule is COCC(=O)Nc1ccc(NC(=O)N2CCN(C(=O)c3cccc(OC)c3)CC2)cc1. The molecule has 0 bridgehead atoms. The predicted molar refractivity (Wildman–Crippen MR) is 116 cm³/mol. The van der Waals surface area contributed by atoms with Crippen molar-refractivity contribution in [1.29, 1.82) is 0 Å². The first-order valence-electron chi connectivity index (χ1n) is 9.88. The van der Waals surface area contributed by atoms with Gasteiger partial charge in [0.1, 0.15) is 12.4 Å². The highest BCUT2D eigenvalue weighted by Gasteiger charge is 2.25. The Morgan fingerprint density at radius 2 is 1.48 bits per heavy atom. The van der Waals surface area contributed by atoms with Crippen molar-refractivity contribution >= 4 is 29.2 Å². The number of nitrogens with zero attached hydrogens (tertiary/aromatic N) is 2. The minimum atomic E-state index is -0.249. The number of hydrogen-bond acceptors (Lipinski definition) is 5. The monoisotopic (exact) mass is 426 g/mol. The number of amides is 4. The van der Waals surface area contributed by atoms with Gasteiger partial charge in [-0.05, 0) is 42.5 Å². The summed E-state index contributed by atoms with van der Waals surface area (Å²) in [5, 5.41) is 5.53. The summed E-state index contributed by atoms with van der Waals surface area (Å²) in [4.78, 5) is 40.2. The van der Waals surface area contributed by atoms with Crippen LogP contribution in [0.25, 0.3) is 0 Å². The zero-order valence-electron chi connectivity index (χ0n) is 17.6. The van der Waals surface area contributed by atoms with Crippen LogP contribution in [0.3, 0.4) is 0 Å². The maximum atomic E-state index is 12.7. The first-order valence-corrected chi connectivity index (χ1v) is 9.88. The molecule has 1 fully saturated rings. The third kappa shape index (κ3) is 5.95. The Kier molecular flexibility index (Phi) is 7.45. The molecule has 0 saturated carbocycles. The zero-order chi connectivity index (χ0) is 22.2. The normalized spacial score (nSPS) is 13.5. The number of ether oxygens (including phenoxy) is 2. The number of methoxy groups -OCH3 is 2. The molecule has 3 rings (SSSR count). The topological polar surface area (TPSA) is 100 Å². The number of nitrogens with one attached hydrogen (secondary N) is 2. The van der Waals surface area contributed by atoms with E-state index in [-0.39, 0.29) is 24.5 Å². The Morgan fingerprint density at radius 1 is 0.871 bits per heavy atom. The third-order valence-corrected chi connectivity index (χ3v) is 4.87. The Bertz CT molecular complexity index is 924. The van der Waals surface area contributed by atoms with Gasteiger partial charge in [-0.15, -0.1) is 0 Å². The lowest BCUT2D eigenvalue weighted by atomic mass is 10.1. The molecule has 1 saturated heterocycles. The molecule has 9 nitrogen and oxygen atoms in total. The van der Waals surface area contributed by atoms with Crippen LogP contribution in [0.2, 0.25) is 0 Å². The lowest BCUT2D eigenvalue weighted by Gasteiger charge is -2.34. The highest BCUT2D eigenvalue weighted by atomic mass is 16.5. The molecule has 164 valence electrons. The van der Waals surface area contributed by atoms with E-state index < -0.39 is 0 Å². The molecule has 0 aromatic heterocycles. The van der Waals surface area contributed by atoms with Crippen LogP contribution >= 0.6 is 0 Å². The van der Waals surface area contributed by atoms with E-state index in [4.69, 9.17) is 9.47 Å². The average Bonchev–Trinajstić information content (AvgIpc) is 2.80. The number of carbonyl (C=O) groups is 3. The smallest absolute Gasteiger partial charge is 0.321 e. The fraction of sp³-hybridized carbons (Fsp3) is 0.318. The molecule has 31 heavy (non-hydrogen) atoms. The molecule has 0 atom stereocenters. The number of rotatable bonds is 6. The van der Waals surface area contributed by atoms with Crippen molar-refractivity contribution in [2.75, 3.05) is 57.6 Å². The maximum Gasteiger partial charge on any atom is 0.321 e. The quantitative estimate of drug-likeness (QED) is 0.738. The lowest BCUT2D eigenvalue weighted by molar-refractivity contribution is -0.119. The number of anilines is 2. The van der Waals surface area contributed by atoms with Crippen molar-refractivity contribution in [3.63, 3.8) is 0 Å². The van der Waals surface area contributed by atoms with Gasteiger partial charge in [-0.1, -0.05) is 6.07 Å². The number of carbonyl (C=O) groups excluding carboxylic acids is 3. The van der Waals surface area contributed by atoms with E-state index in [2.05, 4.69) is 10.6 Å². The largest absolute Gasteiger partial charge is 0.497 e. The van der Waals surface area contributed by atoms with Crippen LogP contribution < -0.4 is 15.4 Å². The average molecular weight is 426 g/mol. The van der Waals surface area contributed by atoms with E-state index in [0.29, 0.717) is 48.9 Å². The fourth-order valence-corrected chi connectivity index (χ4v) is 3.22. The number of benzene rings is 2. The standard InChI is InChI=1S/C22H26N4O5/c1-30-15-20(27)23-17-6-8-18(9-7-17)24-22(29)26-12-10-25(11-13-26)21(28)16-4-3-5-19(14-16)31-2/h3-9,14H,10-13,15H2,1-2H3,(H,23,27)(H,24,29). The minimum Gasteiger partial charge on any atom is -0.497 e. The van der Waals surface area contributed by atoms with E-state index in [1.165, 1.54) is 7.11 Å². The Hall–Kier alpha value is -3.59. The second kappa shape index (κ2) is 10.4. The molecule has 2 aromatic rings. The van der Waals surface area contributed by atoms with Gasteiger partial charge in [0.25, 0.3) is 5.91 Å². The summed E-state index contributed by atoms with van der Waals surface area (Å²) in [5.74, 6) is 0.305. The van der Waals surface area contributed by atoms with Crippen molar-refractivity contribution in [2.24, 2.45) is 0 Å². The molecule has 2 aromatic carbocycles. The molecule has 0 spiro atoms. The molecule has 0 radical (unpaired) electrons. The number of urea groups is 1. The molecule has 1 aliphatic rings. The van der Waals surface area contributed by atoms with Crippen LogP contribution in [-0.2, 0) is 9.53 Å². The summed E-state index contributed by atoms with van der Waals surface area (Å²) in [7, 11) is 3.01. The van der Waals surface area contributed by atoms with Crippen LogP contribution in [0, 0.1) is 0 Å². The lowest BCUT2D eigenvalue weighted by Crippen LogP contribution is -2.51. The van der Waals surface area contributed by atoms with Crippen LogP contribution in [0.5, 0.6) is 5.75 Å². The third-order valence-electron chi connectivity index (χ3n) is 4.87.